The minimum atomic E-state index is -0.970. The molecule has 0 aromatic carbocycles. The molecule has 1 heterocycles. The second-order valence-corrected chi connectivity index (χ2v) is 6.07. The lowest BCUT2D eigenvalue weighted by molar-refractivity contribution is -0.160. The Bertz CT molecular complexity index is 391. The van der Waals surface area contributed by atoms with Crippen LogP contribution in [0.15, 0.2) is 0 Å². The molecule has 0 aromatic rings. The van der Waals surface area contributed by atoms with Gasteiger partial charge in [-0.05, 0) is 19.3 Å². The number of amides is 1. The molecule has 114 valence electrons. The van der Waals surface area contributed by atoms with Crippen molar-refractivity contribution in [1.29, 1.82) is 0 Å². The number of carbonyl (C=O) groups excluding carboxylic acids is 1. The Morgan fingerprint density at radius 2 is 1.85 bits per heavy atom. The van der Waals surface area contributed by atoms with E-state index in [1.807, 2.05) is 0 Å². The molecule has 0 radical (unpaired) electrons. The maximum atomic E-state index is 12.1. The number of ether oxygens (including phenoxy) is 1. The van der Waals surface area contributed by atoms with Crippen molar-refractivity contribution in [3.8, 4) is 0 Å². The third kappa shape index (κ3) is 2.54. The molecular formula is C14H23NO5. The van der Waals surface area contributed by atoms with Gasteiger partial charge in [0.25, 0.3) is 0 Å². The van der Waals surface area contributed by atoms with E-state index in [2.05, 4.69) is 5.32 Å². The van der Waals surface area contributed by atoms with Crippen LogP contribution >= 0.6 is 0 Å². The molecule has 20 heavy (non-hydrogen) atoms. The molecule has 6 heteroatoms. The average Bonchev–Trinajstić information content (AvgIpc) is 2.45. The smallest absolute Gasteiger partial charge is 0.307 e. The molecule has 1 amide bonds. The van der Waals surface area contributed by atoms with Crippen molar-refractivity contribution in [1.82, 2.24) is 5.32 Å². The Morgan fingerprint density at radius 1 is 1.25 bits per heavy atom. The maximum absolute atomic E-state index is 12.1. The molecule has 4 unspecified atom stereocenters. The van der Waals surface area contributed by atoms with E-state index in [0.29, 0.717) is 19.6 Å². The fraction of sp³-hybridized carbons (Fsp3) is 0.857. The van der Waals surface area contributed by atoms with Gasteiger partial charge in [0.05, 0.1) is 12.0 Å². The van der Waals surface area contributed by atoms with Gasteiger partial charge in [0.15, 0.2) is 0 Å². The molecule has 0 bridgehead atoms. The van der Waals surface area contributed by atoms with Crippen LogP contribution in [0.5, 0.6) is 0 Å². The summed E-state index contributed by atoms with van der Waals surface area (Å²) in [4.78, 5) is 23.1. The van der Waals surface area contributed by atoms with Crippen LogP contribution in [0, 0.1) is 17.3 Å². The number of hydrogen-bond acceptors (Lipinski definition) is 4. The topological polar surface area (TPSA) is 95.9 Å². The van der Waals surface area contributed by atoms with Crippen LogP contribution in [0.3, 0.4) is 0 Å². The highest BCUT2D eigenvalue weighted by Crippen LogP contribution is 2.49. The number of aliphatic hydroxyl groups is 1. The zero-order valence-electron chi connectivity index (χ0n) is 12.0. The predicted octanol–water partition coefficient (Wildman–Crippen LogP) is 0.389. The van der Waals surface area contributed by atoms with Crippen LogP contribution in [0.1, 0.15) is 33.1 Å². The maximum Gasteiger partial charge on any atom is 0.307 e. The summed E-state index contributed by atoms with van der Waals surface area (Å²) in [5.41, 5.74) is -0.278. The average molecular weight is 285 g/mol. The number of rotatable bonds is 4. The molecule has 1 saturated heterocycles. The van der Waals surface area contributed by atoms with Crippen LogP contribution < -0.4 is 5.32 Å². The lowest BCUT2D eigenvalue weighted by Gasteiger charge is -2.55. The molecule has 4 atom stereocenters. The van der Waals surface area contributed by atoms with Crippen molar-refractivity contribution in [2.75, 3.05) is 13.2 Å². The summed E-state index contributed by atoms with van der Waals surface area (Å²) < 4.78 is 5.32. The molecule has 2 fully saturated rings. The first kappa shape index (κ1) is 15.3. The summed E-state index contributed by atoms with van der Waals surface area (Å²) in [7, 11) is 0. The molecule has 2 aliphatic rings. The monoisotopic (exact) mass is 285 g/mol. The number of aliphatic hydroxyl groups excluding tert-OH is 1. The highest BCUT2D eigenvalue weighted by atomic mass is 16.5. The summed E-state index contributed by atoms with van der Waals surface area (Å²) >= 11 is 0. The van der Waals surface area contributed by atoms with Crippen LogP contribution in [0.2, 0.25) is 0 Å². The van der Waals surface area contributed by atoms with Gasteiger partial charge in [0.1, 0.15) is 0 Å². The molecule has 1 spiro atoms. The summed E-state index contributed by atoms with van der Waals surface area (Å²) in [6.45, 7) is 4.36. The van der Waals surface area contributed by atoms with Gasteiger partial charge in [0.2, 0.25) is 5.91 Å². The molecule has 0 aromatic heterocycles. The molecule has 6 nitrogen and oxygen atoms in total. The first-order chi connectivity index (χ1) is 9.38. The largest absolute Gasteiger partial charge is 0.481 e. The third-order valence-electron chi connectivity index (χ3n) is 5.11. The van der Waals surface area contributed by atoms with Gasteiger partial charge in [-0.25, -0.2) is 0 Å². The zero-order chi connectivity index (χ0) is 14.9. The van der Waals surface area contributed by atoms with Crippen molar-refractivity contribution in [3.05, 3.63) is 0 Å². The quantitative estimate of drug-likeness (QED) is 0.694. The van der Waals surface area contributed by atoms with Crippen molar-refractivity contribution < 1.29 is 24.5 Å². The van der Waals surface area contributed by atoms with E-state index in [1.54, 1.807) is 6.92 Å². The highest BCUT2D eigenvalue weighted by molar-refractivity contribution is 5.84. The molecule has 3 N–H and O–H groups in total. The van der Waals surface area contributed by atoms with E-state index in [0.717, 1.165) is 12.8 Å². The van der Waals surface area contributed by atoms with Crippen LogP contribution in [-0.4, -0.2) is 47.4 Å². The van der Waals surface area contributed by atoms with Crippen molar-refractivity contribution in [3.63, 3.8) is 0 Å². The van der Waals surface area contributed by atoms with Gasteiger partial charge in [-0.15, -0.1) is 0 Å². The lowest BCUT2D eigenvalue weighted by atomic mass is 9.57. The van der Waals surface area contributed by atoms with Gasteiger partial charge in [0, 0.05) is 30.6 Å². The standard InChI is InChI=1S/C14H23NO5/c1-8(9(2)13(18)19)12(17)15-10-7-11(16)14(10)3-5-20-6-4-14/h8-11,16H,3-7H2,1-2H3,(H,15,17)(H,18,19). The Morgan fingerprint density at radius 3 is 2.35 bits per heavy atom. The van der Waals surface area contributed by atoms with Crippen molar-refractivity contribution in [2.24, 2.45) is 17.3 Å². The third-order valence-corrected chi connectivity index (χ3v) is 5.11. The summed E-state index contributed by atoms with van der Waals surface area (Å²) in [5, 5.41) is 21.9. The number of carboxylic acid groups (broad SMARTS) is 1. The lowest BCUT2D eigenvalue weighted by Crippen LogP contribution is -2.66. The van der Waals surface area contributed by atoms with Crippen molar-refractivity contribution >= 4 is 11.9 Å². The Labute approximate surface area is 118 Å². The minimum Gasteiger partial charge on any atom is -0.481 e. The predicted molar refractivity (Wildman–Crippen MR) is 71.0 cm³/mol. The first-order valence-electron chi connectivity index (χ1n) is 7.17. The molecule has 2 rings (SSSR count). The van der Waals surface area contributed by atoms with Crippen LogP contribution in [0.4, 0.5) is 0 Å². The minimum absolute atomic E-state index is 0.0719. The molecular weight excluding hydrogens is 262 g/mol. The van der Waals surface area contributed by atoms with Crippen LogP contribution in [-0.2, 0) is 14.3 Å². The van der Waals surface area contributed by atoms with Gasteiger partial charge in [-0.1, -0.05) is 13.8 Å². The number of carbonyl (C=O) groups is 2. The van der Waals surface area contributed by atoms with E-state index < -0.39 is 23.9 Å². The molecule has 1 saturated carbocycles. The van der Waals surface area contributed by atoms with Gasteiger partial charge in [-0.2, -0.15) is 0 Å². The van der Waals surface area contributed by atoms with E-state index >= 15 is 0 Å². The highest BCUT2D eigenvalue weighted by Gasteiger charge is 2.55. The van der Waals surface area contributed by atoms with E-state index in [1.165, 1.54) is 6.92 Å². The fourth-order valence-corrected chi connectivity index (χ4v) is 3.14. The van der Waals surface area contributed by atoms with Gasteiger partial charge < -0.3 is 20.3 Å². The molecule has 1 aliphatic heterocycles. The SMILES string of the molecule is CC(C(=O)O)C(C)C(=O)NC1CC(O)C12CCOCC2. The van der Waals surface area contributed by atoms with Crippen molar-refractivity contribution in [2.45, 2.75) is 45.3 Å². The van der Waals surface area contributed by atoms with Gasteiger partial charge >= 0.3 is 5.97 Å². The summed E-state index contributed by atoms with van der Waals surface area (Å²) in [6.07, 6.45) is 1.62. The van der Waals surface area contributed by atoms with Crippen LogP contribution in [0.25, 0.3) is 0 Å². The van der Waals surface area contributed by atoms with Gasteiger partial charge in [-0.3, -0.25) is 9.59 Å². The zero-order valence-corrected chi connectivity index (χ0v) is 12.0. The second-order valence-electron chi connectivity index (χ2n) is 6.07. The van der Waals surface area contributed by atoms with E-state index in [9.17, 15) is 14.7 Å². The number of hydrogen-bond donors (Lipinski definition) is 3. The fourth-order valence-electron chi connectivity index (χ4n) is 3.14. The normalized spacial score (nSPS) is 31.1. The number of carboxylic acids is 1. The second kappa shape index (κ2) is 5.69. The summed E-state index contributed by atoms with van der Waals surface area (Å²) in [6, 6.07) is -0.0719. The molecule has 1 aliphatic carbocycles. The number of aliphatic carboxylic acids is 1. The summed E-state index contributed by atoms with van der Waals surface area (Å²) in [5.74, 6) is -2.52. The Kier molecular flexibility index (Phi) is 4.34. The number of nitrogens with one attached hydrogen (secondary N) is 1. The van der Waals surface area contributed by atoms with E-state index in [4.69, 9.17) is 9.84 Å². The van der Waals surface area contributed by atoms with E-state index in [-0.39, 0.29) is 17.4 Å². The Balaban J connectivity index is 1.96. The Hall–Kier alpha value is -1.14. The first-order valence-corrected chi connectivity index (χ1v) is 7.17.